The Kier molecular flexibility index (Phi) is 4.73. The van der Waals surface area contributed by atoms with E-state index in [4.69, 9.17) is 37.4 Å². The average Bonchev–Trinajstić information content (AvgIpc) is 3.04. The maximum atomic E-state index is 12.0. The number of hydrogen-bond acceptors (Lipinski definition) is 6. The van der Waals surface area contributed by atoms with Gasteiger partial charge >= 0.3 is 5.97 Å². The Hall–Kier alpha value is -2.51. The van der Waals surface area contributed by atoms with Crippen LogP contribution >= 0.6 is 23.2 Å². The molecule has 0 atom stereocenters. The minimum Gasteiger partial charge on any atom is -0.454 e. The first-order valence-electron chi connectivity index (χ1n) is 6.71. The zero-order valence-corrected chi connectivity index (χ0v) is 13.6. The predicted octanol–water partition coefficient (Wildman–Crippen LogP) is 2.91. The first-order chi connectivity index (χ1) is 11.5. The van der Waals surface area contributed by atoms with Gasteiger partial charge in [-0.1, -0.05) is 23.2 Å². The fourth-order valence-electron chi connectivity index (χ4n) is 1.97. The van der Waals surface area contributed by atoms with Crippen LogP contribution in [0, 0.1) is 0 Å². The number of rotatable bonds is 4. The molecule has 2 aromatic rings. The number of nitrogens with zero attached hydrogens (tertiary/aromatic N) is 1. The summed E-state index contributed by atoms with van der Waals surface area (Å²) < 4.78 is 15.3. The molecule has 0 aliphatic carbocycles. The quantitative estimate of drug-likeness (QED) is 0.659. The smallest absolute Gasteiger partial charge is 0.338 e. The molecule has 24 heavy (non-hydrogen) atoms. The molecule has 1 aliphatic rings. The highest BCUT2D eigenvalue weighted by Crippen LogP contribution is 2.39. The molecule has 0 saturated carbocycles. The molecular formula is C15H10Cl2N2O5. The number of benzene rings is 1. The number of anilines is 1. The SMILES string of the molecule is O=C(COC(=O)c1cc(Cl)c2c(c1)OCO2)Nc1cccnc1Cl. The number of ether oxygens (including phenoxy) is 3. The number of halogens is 2. The lowest BCUT2D eigenvalue weighted by Crippen LogP contribution is -2.21. The van der Waals surface area contributed by atoms with Gasteiger partial charge in [-0.25, -0.2) is 9.78 Å². The Balaban J connectivity index is 1.61. The molecule has 0 spiro atoms. The molecule has 0 radical (unpaired) electrons. The van der Waals surface area contributed by atoms with Crippen LogP contribution in [0.4, 0.5) is 5.69 Å². The van der Waals surface area contributed by atoms with Crippen molar-refractivity contribution < 1.29 is 23.8 Å². The van der Waals surface area contributed by atoms with Gasteiger partial charge in [0.05, 0.1) is 16.3 Å². The van der Waals surface area contributed by atoms with Crippen LogP contribution in [-0.2, 0) is 9.53 Å². The van der Waals surface area contributed by atoms with Crippen molar-refractivity contribution >= 4 is 40.8 Å². The fraction of sp³-hybridized carbons (Fsp3) is 0.133. The standard InChI is InChI=1S/C15H10Cl2N2O5/c16-9-4-8(5-11-13(9)24-7-23-11)15(21)22-6-12(20)19-10-2-1-3-18-14(10)17/h1-5H,6-7H2,(H,19,20). The topological polar surface area (TPSA) is 86.8 Å². The van der Waals surface area contributed by atoms with Crippen LogP contribution < -0.4 is 14.8 Å². The van der Waals surface area contributed by atoms with Crippen LogP contribution in [0.3, 0.4) is 0 Å². The van der Waals surface area contributed by atoms with E-state index in [1.807, 2.05) is 0 Å². The summed E-state index contributed by atoms with van der Waals surface area (Å²) in [4.78, 5) is 27.7. The minimum absolute atomic E-state index is 0.0296. The number of fused-ring (bicyclic) bond motifs is 1. The summed E-state index contributed by atoms with van der Waals surface area (Å²) in [5, 5.41) is 2.85. The number of carbonyl (C=O) groups excluding carboxylic acids is 2. The van der Waals surface area contributed by atoms with E-state index >= 15 is 0 Å². The number of esters is 1. The summed E-state index contributed by atoms with van der Waals surface area (Å²) in [6.45, 7) is -0.460. The average molecular weight is 369 g/mol. The van der Waals surface area contributed by atoms with Gasteiger partial charge in [-0.05, 0) is 24.3 Å². The largest absolute Gasteiger partial charge is 0.454 e. The number of nitrogens with one attached hydrogen (secondary N) is 1. The third kappa shape index (κ3) is 3.52. The van der Waals surface area contributed by atoms with Gasteiger partial charge in [-0.2, -0.15) is 0 Å². The molecule has 9 heteroatoms. The van der Waals surface area contributed by atoms with E-state index < -0.39 is 18.5 Å². The third-order valence-electron chi connectivity index (χ3n) is 3.03. The van der Waals surface area contributed by atoms with E-state index in [0.29, 0.717) is 17.2 Å². The molecule has 0 bridgehead atoms. The normalized spacial score (nSPS) is 11.9. The van der Waals surface area contributed by atoms with Gasteiger partial charge in [0.2, 0.25) is 6.79 Å². The van der Waals surface area contributed by atoms with Crippen molar-refractivity contribution in [3.63, 3.8) is 0 Å². The van der Waals surface area contributed by atoms with Crippen molar-refractivity contribution in [2.24, 2.45) is 0 Å². The molecule has 7 nitrogen and oxygen atoms in total. The van der Waals surface area contributed by atoms with Crippen molar-refractivity contribution in [3.8, 4) is 11.5 Å². The molecule has 0 saturated heterocycles. The van der Waals surface area contributed by atoms with Gasteiger partial charge in [0.15, 0.2) is 23.3 Å². The predicted molar refractivity (Wildman–Crippen MR) is 85.7 cm³/mol. The highest BCUT2D eigenvalue weighted by Gasteiger charge is 2.21. The Bertz CT molecular complexity index is 812. The van der Waals surface area contributed by atoms with Crippen molar-refractivity contribution in [1.82, 2.24) is 4.98 Å². The van der Waals surface area contributed by atoms with Gasteiger partial charge in [-0.3, -0.25) is 4.79 Å². The summed E-state index contributed by atoms with van der Waals surface area (Å²) in [6, 6.07) is 6.01. The first kappa shape index (κ1) is 16.4. The van der Waals surface area contributed by atoms with Gasteiger partial charge < -0.3 is 19.5 Å². The molecule has 0 unspecified atom stereocenters. The fourth-order valence-corrected chi connectivity index (χ4v) is 2.40. The van der Waals surface area contributed by atoms with E-state index in [1.165, 1.54) is 18.3 Å². The van der Waals surface area contributed by atoms with Crippen LogP contribution in [-0.4, -0.2) is 30.3 Å². The Labute approximate surface area is 146 Å². The lowest BCUT2D eigenvalue weighted by molar-refractivity contribution is -0.119. The summed E-state index contributed by atoms with van der Waals surface area (Å²) in [5.74, 6) is -0.550. The van der Waals surface area contributed by atoms with E-state index in [-0.39, 0.29) is 22.5 Å². The molecule has 3 rings (SSSR count). The molecule has 124 valence electrons. The Morgan fingerprint density at radius 1 is 1.29 bits per heavy atom. The Morgan fingerprint density at radius 2 is 2.12 bits per heavy atom. The third-order valence-corrected chi connectivity index (χ3v) is 3.61. The van der Waals surface area contributed by atoms with Crippen LogP contribution in [0.15, 0.2) is 30.5 Å². The van der Waals surface area contributed by atoms with E-state index in [1.54, 1.807) is 12.1 Å². The second-order valence-electron chi connectivity index (χ2n) is 4.66. The molecule has 1 N–H and O–H groups in total. The van der Waals surface area contributed by atoms with Crippen molar-refractivity contribution in [2.75, 3.05) is 18.7 Å². The minimum atomic E-state index is -0.720. The zero-order valence-electron chi connectivity index (χ0n) is 12.0. The second kappa shape index (κ2) is 6.94. The van der Waals surface area contributed by atoms with Crippen molar-refractivity contribution in [1.29, 1.82) is 0 Å². The molecule has 1 aromatic heterocycles. The van der Waals surface area contributed by atoms with E-state index in [9.17, 15) is 9.59 Å². The van der Waals surface area contributed by atoms with Gasteiger partial charge in [0.1, 0.15) is 0 Å². The molecule has 1 amide bonds. The number of aromatic nitrogens is 1. The van der Waals surface area contributed by atoms with Gasteiger partial charge in [-0.15, -0.1) is 0 Å². The molecule has 1 aliphatic heterocycles. The summed E-state index contributed by atoms with van der Waals surface area (Å²) in [5.41, 5.74) is 0.475. The summed E-state index contributed by atoms with van der Waals surface area (Å²) >= 11 is 11.8. The first-order valence-corrected chi connectivity index (χ1v) is 7.47. The second-order valence-corrected chi connectivity index (χ2v) is 5.42. The number of pyridine rings is 1. The van der Waals surface area contributed by atoms with Gasteiger partial charge in [0.25, 0.3) is 5.91 Å². The molecular weight excluding hydrogens is 359 g/mol. The number of carbonyl (C=O) groups is 2. The summed E-state index contributed by atoms with van der Waals surface area (Å²) in [6.07, 6.45) is 1.49. The van der Waals surface area contributed by atoms with Crippen LogP contribution in [0.5, 0.6) is 11.5 Å². The van der Waals surface area contributed by atoms with E-state index in [2.05, 4.69) is 10.3 Å². The van der Waals surface area contributed by atoms with Gasteiger partial charge in [0, 0.05) is 6.20 Å². The molecule has 0 fully saturated rings. The zero-order chi connectivity index (χ0) is 17.1. The highest BCUT2D eigenvalue weighted by molar-refractivity contribution is 6.33. The molecule has 1 aromatic carbocycles. The monoisotopic (exact) mass is 368 g/mol. The summed E-state index contributed by atoms with van der Waals surface area (Å²) in [7, 11) is 0. The maximum absolute atomic E-state index is 12.0. The van der Waals surface area contributed by atoms with Crippen LogP contribution in [0.25, 0.3) is 0 Å². The van der Waals surface area contributed by atoms with Crippen molar-refractivity contribution in [2.45, 2.75) is 0 Å². The molecule has 2 heterocycles. The number of amides is 1. The lowest BCUT2D eigenvalue weighted by Gasteiger charge is -2.08. The number of hydrogen-bond donors (Lipinski definition) is 1. The Morgan fingerprint density at radius 3 is 2.92 bits per heavy atom. The lowest BCUT2D eigenvalue weighted by atomic mass is 10.2. The van der Waals surface area contributed by atoms with Crippen LogP contribution in [0.2, 0.25) is 10.2 Å². The van der Waals surface area contributed by atoms with Crippen molar-refractivity contribution in [3.05, 3.63) is 46.2 Å². The van der Waals surface area contributed by atoms with Crippen LogP contribution in [0.1, 0.15) is 10.4 Å². The highest BCUT2D eigenvalue weighted by atomic mass is 35.5. The maximum Gasteiger partial charge on any atom is 0.338 e. The van der Waals surface area contributed by atoms with E-state index in [0.717, 1.165) is 0 Å².